The fraction of sp³-hybridized carbons (Fsp3) is 0.455. The third-order valence-corrected chi connectivity index (χ3v) is 5.06. The van der Waals surface area contributed by atoms with Gasteiger partial charge in [0.1, 0.15) is 5.82 Å². The van der Waals surface area contributed by atoms with Gasteiger partial charge < -0.3 is 24.2 Å². The smallest absolute Gasteiger partial charge is 0.161 e. The number of anilines is 1. The van der Waals surface area contributed by atoms with Crippen LogP contribution in [0.15, 0.2) is 42.5 Å². The second-order valence-electron chi connectivity index (χ2n) is 7.12. The molecule has 0 aromatic heterocycles. The lowest BCUT2D eigenvalue weighted by Crippen LogP contribution is -2.49. The minimum absolute atomic E-state index is 0.219. The molecule has 3 rings (SSSR count). The van der Waals surface area contributed by atoms with Crippen molar-refractivity contribution in [1.82, 2.24) is 4.90 Å². The predicted octanol–water partition coefficient (Wildman–Crippen LogP) is 2.54. The number of ether oxygens (including phenoxy) is 3. The molecule has 1 heterocycles. The molecule has 0 amide bonds. The summed E-state index contributed by atoms with van der Waals surface area (Å²) in [4.78, 5) is 4.46. The fourth-order valence-electron chi connectivity index (χ4n) is 3.47. The van der Waals surface area contributed by atoms with Gasteiger partial charge in [-0.15, -0.1) is 0 Å². The first-order valence-electron chi connectivity index (χ1n) is 9.78. The molecule has 158 valence electrons. The van der Waals surface area contributed by atoms with E-state index in [4.69, 9.17) is 14.2 Å². The van der Waals surface area contributed by atoms with Gasteiger partial charge in [0, 0.05) is 38.4 Å². The topological polar surface area (TPSA) is 54.4 Å². The van der Waals surface area contributed by atoms with Gasteiger partial charge in [0.2, 0.25) is 0 Å². The molecular formula is C22H29FN2O4. The maximum absolute atomic E-state index is 13.1. The minimum Gasteiger partial charge on any atom is -0.493 e. The highest BCUT2D eigenvalue weighted by molar-refractivity contribution is 5.46. The quantitative estimate of drug-likeness (QED) is 0.693. The van der Waals surface area contributed by atoms with Crippen LogP contribution in [0.25, 0.3) is 0 Å². The fourth-order valence-corrected chi connectivity index (χ4v) is 3.47. The van der Waals surface area contributed by atoms with Crippen molar-refractivity contribution < 1.29 is 23.7 Å². The van der Waals surface area contributed by atoms with Crippen molar-refractivity contribution in [3.8, 4) is 11.5 Å². The van der Waals surface area contributed by atoms with E-state index in [-0.39, 0.29) is 12.4 Å². The largest absolute Gasteiger partial charge is 0.493 e. The number of hydrogen-bond acceptors (Lipinski definition) is 6. The summed E-state index contributed by atoms with van der Waals surface area (Å²) < 4.78 is 29.3. The number of aliphatic hydroxyl groups is 1. The second-order valence-corrected chi connectivity index (χ2v) is 7.12. The Morgan fingerprint density at radius 3 is 2.31 bits per heavy atom. The standard InChI is InChI=1S/C22H29FN2O4/c1-27-21-8-3-17(13-22(21)28-2)15-29-16-20(26)14-24-9-11-25(12-10-24)19-6-4-18(23)5-7-19/h3-8,13,20,26H,9-12,14-16H2,1-2H3/t20-/m1/s1. The third kappa shape index (κ3) is 6.06. The summed E-state index contributed by atoms with van der Waals surface area (Å²) in [7, 11) is 3.20. The number of halogens is 1. The Morgan fingerprint density at radius 1 is 0.966 bits per heavy atom. The summed E-state index contributed by atoms with van der Waals surface area (Å²) in [6, 6.07) is 12.2. The van der Waals surface area contributed by atoms with E-state index in [2.05, 4.69) is 9.80 Å². The number of hydrogen-bond donors (Lipinski definition) is 1. The van der Waals surface area contributed by atoms with Crippen LogP contribution < -0.4 is 14.4 Å². The molecule has 1 saturated heterocycles. The Morgan fingerprint density at radius 2 is 1.66 bits per heavy atom. The van der Waals surface area contributed by atoms with Crippen LogP contribution in [0.5, 0.6) is 11.5 Å². The predicted molar refractivity (Wildman–Crippen MR) is 110 cm³/mol. The zero-order valence-corrected chi connectivity index (χ0v) is 17.0. The Hall–Kier alpha value is -2.35. The number of benzene rings is 2. The SMILES string of the molecule is COc1ccc(COC[C@H](O)CN2CCN(c3ccc(F)cc3)CC2)cc1OC. The van der Waals surface area contributed by atoms with Crippen LogP contribution in [-0.4, -0.2) is 69.7 Å². The molecule has 1 aliphatic rings. The first-order chi connectivity index (χ1) is 14.1. The average molecular weight is 404 g/mol. The number of β-amino-alcohol motifs (C(OH)–C–C–N with tert-alkyl or cyclic N) is 1. The molecule has 0 spiro atoms. The molecule has 0 aliphatic carbocycles. The molecule has 0 saturated carbocycles. The van der Waals surface area contributed by atoms with Gasteiger partial charge in [0.15, 0.2) is 11.5 Å². The monoisotopic (exact) mass is 404 g/mol. The Kier molecular flexibility index (Phi) is 7.69. The van der Waals surface area contributed by atoms with Gasteiger partial charge in [0.05, 0.1) is 33.5 Å². The van der Waals surface area contributed by atoms with Crippen molar-refractivity contribution in [3.63, 3.8) is 0 Å². The maximum Gasteiger partial charge on any atom is 0.161 e. The molecular weight excluding hydrogens is 375 g/mol. The van der Waals surface area contributed by atoms with Crippen LogP contribution in [-0.2, 0) is 11.3 Å². The van der Waals surface area contributed by atoms with Crippen molar-refractivity contribution >= 4 is 5.69 Å². The van der Waals surface area contributed by atoms with E-state index in [0.29, 0.717) is 24.7 Å². The molecule has 6 nitrogen and oxygen atoms in total. The first kappa shape index (κ1) is 21.4. The summed E-state index contributed by atoms with van der Waals surface area (Å²) in [6.45, 7) is 4.65. The van der Waals surface area contributed by atoms with E-state index in [1.54, 1.807) is 14.2 Å². The Labute approximate surface area is 171 Å². The molecule has 7 heteroatoms. The molecule has 2 aromatic carbocycles. The van der Waals surface area contributed by atoms with Crippen molar-refractivity contribution in [2.45, 2.75) is 12.7 Å². The van der Waals surface area contributed by atoms with Crippen molar-refractivity contribution in [3.05, 3.63) is 53.8 Å². The molecule has 0 bridgehead atoms. The molecule has 2 aromatic rings. The van der Waals surface area contributed by atoms with Crippen LogP contribution >= 0.6 is 0 Å². The molecule has 1 aliphatic heterocycles. The van der Waals surface area contributed by atoms with E-state index in [9.17, 15) is 9.50 Å². The Balaban J connectivity index is 1.38. The van der Waals surface area contributed by atoms with Crippen LogP contribution in [0, 0.1) is 5.82 Å². The van der Waals surface area contributed by atoms with Gasteiger partial charge >= 0.3 is 0 Å². The summed E-state index contributed by atoms with van der Waals surface area (Å²) in [5.74, 6) is 1.12. The van der Waals surface area contributed by atoms with Crippen molar-refractivity contribution in [2.24, 2.45) is 0 Å². The molecule has 29 heavy (non-hydrogen) atoms. The summed E-state index contributed by atoms with van der Waals surface area (Å²) in [6.07, 6.45) is -0.549. The van der Waals surface area contributed by atoms with Gasteiger partial charge in [-0.3, -0.25) is 4.90 Å². The second kappa shape index (κ2) is 10.4. The van der Waals surface area contributed by atoms with Gasteiger partial charge in [0.25, 0.3) is 0 Å². The van der Waals surface area contributed by atoms with E-state index in [0.717, 1.165) is 37.4 Å². The molecule has 1 atom stereocenters. The lowest BCUT2D eigenvalue weighted by molar-refractivity contribution is 0.00909. The van der Waals surface area contributed by atoms with E-state index in [1.807, 2.05) is 30.3 Å². The maximum atomic E-state index is 13.1. The molecule has 1 fully saturated rings. The van der Waals surface area contributed by atoms with Crippen LogP contribution in [0.3, 0.4) is 0 Å². The van der Waals surface area contributed by atoms with E-state index in [1.165, 1.54) is 12.1 Å². The van der Waals surface area contributed by atoms with Gasteiger partial charge in [-0.25, -0.2) is 4.39 Å². The number of methoxy groups -OCH3 is 2. The van der Waals surface area contributed by atoms with Crippen molar-refractivity contribution in [2.75, 3.05) is 58.5 Å². The summed E-state index contributed by atoms with van der Waals surface area (Å²) in [5.41, 5.74) is 1.99. The summed E-state index contributed by atoms with van der Waals surface area (Å²) >= 11 is 0. The number of aliphatic hydroxyl groups excluding tert-OH is 1. The van der Waals surface area contributed by atoms with Crippen LogP contribution in [0.1, 0.15) is 5.56 Å². The zero-order valence-electron chi connectivity index (χ0n) is 17.0. The highest BCUT2D eigenvalue weighted by Gasteiger charge is 2.19. The highest BCUT2D eigenvalue weighted by atomic mass is 19.1. The molecule has 0 unspecified atom stereocenters. The number of piperazine rings is 1. The highest BCUT2D eigenvalue weighted by Crippen LogP contribution is 2.27. The number of nitrogens with zero attached hydrogens (tertiary/aromatic N) is 2. The third-order valence-electron chi connectivity index (χ3n) is 5.06. The van der Waals surface area contributed by atoms with Gasteiger partial charge in [-0.05, 0) is 42.0 Å². The molecule has 1 N–H and O–H groups in total. The van der Waals surface area contributed by atoms with E-state index >= 15 is 0 Å². The molecule has 0 radical (unpaired) electrons. The summed E-state index contributed by atoms with van der Waals surface area (Å²) in [5, 5.41) is 10.3. The lowest BCUT2D eigenvalue weighted by Gasteiger charge is -2.36. The lowest BCUT2D eigenvalue weighted by atomic mass is 10.2. The van der Waals surface area contributed by atoms with Crippen LogP contribution in [0.2, 0.25) is 0 Å². The van der Waals surface area contributed by atoms with E-state index < -0.39 is 6.10 Å². The van der Waals surface area contributed by atoms with Crippen molar-refractivity contribution in [1.29, 1.82) is 0 Å². The Bertz CT molecular complexity index is 764. The van der Waals surface area contributed by atoms with Gasteiger partial charge in [-0.1, -0.05) is 6.07 Å². The average Bonchev–Trinajstić information content (AvgIpc) is 2.75. The minimum atomic E-state index is -0.549. The number of rotatable bonds is 9. The van der Waals surface area contributed by atoms with Crippen LogP contribution in [0.4, 0.5) is 10.1 Å². The normalized spacial score (nSPS) is 15.9. The van der Waals surface area contributed by atoms with Gasteiger partial charge in [-0.2, -0.15) is 0 Å². The zero-order chi connectivity index (χ0) is 20.6. The first-order valence-corrected chi connectivity index (χ1v) is 9.78.